The fourth-order valence-electron chi connectivity index (χ4n) is 1.65. The quantitative estimate of drug-likeness (QED) is 0.810. The molecule has 100 valence electrons. The van der Waals surface area contributed by atoms with Gasteiger partial charge in [-0.3, -0.25) is 4.79 Å². The lowest BCUT2D eigenvalue weighted by Crippen LogP contribution is -2.25. The molecule has 0 aromatic heterocycles. The van der Waals surface area contributed by atoms with Crippen molar-refractivity contribution in [3.8, 4) is 5.75 Å². The van der Waals surface area contributed by atoms with Gasteiger partial charge in [0.15, 0.2) is 11.6 Å². The molecule has 0 bridgehead atoms. The highest BCUT2D eigenvalue weighted by atomic mass is 19.1. The van der Waals surface area contributed by atoms with Crippen molar-refractivity contribution in [2.45, 2.75) is 32.7 Å². The van der Waals surface area contributed by atoms with Crippen molar-refractivity contribution < 1.29 is 13.9 Å². The summed E-state index contributed by atoms with van der Waals surface area (Å²) >= 11 is 0. The molecule has 0 heterocycles. The molecule has 4 heteroatoms. The molecule has 1 aromatic rings. The van der Waals surface area contributed by atoms with Crippen molar-refractivity contribution in [2.24, 2.45) is 0 Å². The van der Waals surface area contributed by atoms with E-state index < -0.39 is 5.82 Å². The molecule has 3 nitrogen and oxygen atoms in total. The number of benzene rings is 1. The first-order valence-corrected chi connectivity index (χ1v) is 6.11. The Bertz CT molecular complexity index is 405. The number of carbonyl (C=O) groups excluding carboxylic acids is 1. The monoisotopic (exact) mass is 253 g/mol. The van der Waals surface area contributed by atoms with Crippen LogP contribution in [0.15, 0.2) is 18.2 Å². The molecule has 0 atom stereocenters. The summed E-state index contributed by atoms with van der Waals surface area (Å²) in [6, 6.07) is 5.21. The smallest absolute Gasteiger partial charge is 0.168 e. The highest BCUT2D eigenvalue weighted by Gasteiger charge is 2.11. The summed E-state index contributed by atoms with van der Waals surface area (Å²) in [5, 5.41) is 3.16. The minimum atomic E-state index is -0.440. The Morgan fingerprint density at radius 1 is 1.44 bits per heavy atom. The summed E-state index contributed by atoms with van der Waals surface area (Å²) in [4.78, 5) is 11.7. The van der Waals surface area contributed by atoms with Crippen LogP contribution in [0, 0.1) is 5.82 Å². The molecule has 0 amide bonds. The fourth-order valence-corrected chi connectivity index (χ4v) is 1.65. The van der Waals surface area contributed by atoms with Gasteiger partial charge < -0.3 is 10.1 Å². The Morgan fingerprint density at radius 3 is 2.78 bits per heavy atom. The van der Waals surface area contributed by atoms with Gasteiger partial charge in [0.1, 0.15) is 5.78 Å². The van der Waals surface area contributed by atoms with Gasteiger partial charge in [-0.2, -0.15) is 0 Å². The second-order valence-corrected chi connectivity index (χ2v) is 4.51. The SMILES string of the molecule is COc1cccc(CC(=O)CCNC(C)C)c1F. The van der Waals surface area contributed by atoms with Crippen molar-refractivity contribution in [2.75, 3.05) is 13.7 Å². The maximum absolute atomic E-state index is 13.8. The zero-order valence-corrected chi connectivity index (χ0v) is 11.1. The average Bonchev–Trinajstić information content (AvgIpc) is 2.31. The first kappa shape index (κ1) is 14.6. The predicted molar refractivity (Wildman–Crippen MR) is 69.4 cm³/mol. The molecule has 0 radical (unpaired) electrons. The number of ether oxygens (including phenoxy) is 1. The van der Waals surface area contributed by atoms with Crippen LogP contribution in [0.5, 0.6) is 5.75 Å². The van der Waals surface area contributed by atoms with E-state index in [-0.39, 0.29) is 18.0 Å². The lowest BCUT2D eigenvalue weighted by molar-refractivity contribution is -0.118. The van der Waals surface area contributed by atoms with Crippen molar-refractivity contribution in [3.63, 3.8) is 0 Å². The summed E-state index contributed by atoms with van der Waals surface area (Å²) in [7, 11) is 1.41. The summed E-state index contributed by atoms with van der Waals surface area (Å²) < 4.78 is 18.7. The number of carbonyl (C=O) groups is 1. The summed E-state index contributed by atoms with van der Waals surface area (Å²) in [5.41, 5.74) is 0.392. The summed E-state index contributed by atoms with van der Waals surface area (Å²) in [6.45, 7) is 4.67. The number of halogens is 1. The van der Waals surface area contributed by atoms with Gasteiger partial charge >= 0.3 is 0 Å². The number of ketones is 1. The van der Waals surface area contributed by atoms with Crippen LogP contribution in [0.4, 0.5) is 4.39 Å². The van der Waals surface area contributed by atoms with E-state index in [2.05, 4.69) is 5.32 Å². The van der Waals surface area contributed by atoms with Gasteiger partial charge in [-0.1, -0.05) is 26.0 Å². The van der Waals surface area contributed by atoms with Gasteiger partial charge in [-0.15, -0.1) is 0 Å². The third-order valence-electron chi connectivity index (χ3n) is 2.61. The molecule has 0 aliphatic carbocycles. The number of Topliss-reactive ketones (excluding diaryl/α,β-unsaturated/α-hetero) is 1. The predicted octanol–water partition coefficient (Wildman–Crippen LogP) is 2.33. The van der Waals surface area contributed by atoms with Crippen LogP contribution < -0.4 is 10.1 Å². The molecule has 0 saturated heterocycles. The Balaban J connectivity index is 2.54. The van der Waals surface area contributed by atoms with E-state index in [1.165, 1.54) is 7.11 Å². The van der Waals surface area contributed by atoms with Crippen molar-refractivity contribution in [3.05, 3.63) is 29.6 Å². The second-order valence-electron chi connectivity index (χ2n) is 4.51. The van der Waals surface area contributed by atoms with Crippen LogP contribution >= 0.6 is 0 Å². The van der Waals surface area contributed by atoms with Crippen molar-refractivity contribution >= 4 is 5.78 Å². The maximum Gasteiger partial charge on any atom is 0.168 e. The van der Waals surface area contributed by atoms with E-state index in [9.17, 15) is 9.18 Å². The Kier molecular flexibility index (Phi) is 5.78. The van der Waals surface area contributed by atoms with Crippen LogP contribution in [-0.4, -0.2) is 25.5 Å². The average molecular weight is 253 g/mol. The molecule has 0 spiro atoms. The molecule has 0 fully saturated rings. The first-order chi connectivity index (χ1) is 8.54. The molecule has 0 aliphatic rings. The van der Waals surface area contributed by atoms with E-state index in [1.807, 2.05) is 13.8 Å². The third-order valence-corrected chi connectivity index (χ3v) is 2.61. The van der Waals surface area contributed by atoms with Gasteiger partial charge in [0.25, 0.3) is 0 Å². The molecular formula is C14H20FNO2. The van der Waals surface area contributed by atoms with Crippen LogP contribution in [0.25, 0.3) is 0 Å². The number of nitrogens with one attached hydrogen (secondary N) is 1. The lowest BCUT2D eigenvalue weighted by Gasteiger charge is -2.08. The number of hydrogen-bond acceptors (Lipinski definition) is 3. The minimum Gasteiger partial charge on any atom is -0.494 e. The van der Waals surface area contributed by atoms with Crippen molar-refractivity contribution in [1.29, 1.82) is 0 Å². The van der Waals surface area contributed by atoms with Crippen LogP contribution in [0.1, 0.15) is 25.8 Å². The highest BCUT2D eigenvalue weighted by molar-refractivity contribution is 5.81. The van der Waals surface area contributed by atoms with Gasteiger partial charge in [0, 0.05) is 25.4 Å². The molecule has 18 heavy (non-hydrogen) atoms. The van der Waals surface area contributed by atoms with Crippen LogP contribution in [0.3, 0.4) is 0 Å². The summed E-state index contributed by atoms with van der Waals surface area (Å²) in [5.74, 6) is -0.235. The van der Waals surface area contributed by atoms with Crippen LogP contribution in [0.2, 0.25) is 0 Å². The number of methoxy groups -OCH3 is 1. The first-order valence-electron chi connectivity index (χ1n) is 6.11. The summed E-state index contributed by atoms with van der Waals surface area (Å²) in [6.07, 6.45) is 0.525. The second kappa shape index (κ2) is 7.11. The normalized spacial score (nSPS) is 10.7. The molecule has 0 aliphatic heterocycles. The minimum absolute atomic E-state index is 0.0234. The van der Waals surface area contributed by atoms with Gasteiger partial charge in [0.2, 0.25) is 0 Å². The van der Waals surface area contributed by atoms with Gasteiger partial charge in [-0.25, -0.2) is 4.39 Å². The third kappa shape index (κ3) is 4.45. The Morgan fingerprint density at radius 2 is 2.17 bits per heavy atom. The molecule has 1 rings (SSSR count). The number of hydrogen-bond donors (Lipinski definition) is 1. The van der Waals surface area contributed by atoms with E-state index in [0.29, 0.717) is 24.6 Å². The highest BCUT2D eigenvalue weighted by Crippen LogP contribution is 2.20. The zero-order chi connectivity index (χ0) is 13.5. The van der Waals surface area contributed by atoms with Crippen molar-refractivity contribution in [1.82, 2.24) is 5.32 Å². The standard InChI is InChI=1S/C14H20FNO2/c1-10(2)16-8-7-12(17)9-11-5-4-6-13(18-3)14(11)15/h4-6,10,16H,7-9H2,1-3H3. The molecule has 1 aromatic carbocycles. The lowest BCUT2D eigenvalue weighted by atomic mass is 10.1. The topological polar surface area (TPSA) is 38.3 Å². The molecule has 0 unspecified atom stereocenters. The van der Waals surface area contributed by atoms with Gasteiger partial charge in [-0.05, 0) is 11.6 Å². The van der Waals surface area contributed by atoms with E-state index in [4.69, 9.17) is 4.74 Å². The Labute approximate surface area is 107 Å². The van der Waals surface area contributed by atoms with E-state index in [1.54, 1.807) is 18.2 Å². The molecule has 0 saturated carbocycles. The van der Waals surface area contributed by atoms with Gasteiger partial charge in [0.05, 0.1) is 7.11 Å². The largest absolute Gasteiger partial charge is 0.494 e. The molecular weight excluding hydrogens is 233 g/mol. The zero-order valence-electron chi connectivity index (χ0n) is 11.1. The van der Waals surface area contributed by atoms with Crippen LogP contribution in [-0.2, 0) is 11.2 Å². The fraction of sp³-hybridized carbons (Fsp3) is 0.500. The van der Waals surface area contributed by atoms with E-state index in [0.717, 1.165) is 0 Å². The number of rotatable bonds is 7. The Hall–Kier alpha value is -1.42. The molecule has 1 N–H and O–H groups in total. The maximum atomic E-state index is 13.8. The van der Waals surface area contributed by atoms with E-state index >= 15 is 0 Å².